The third kappa shape index (κ3) is 2.69. The predicted molar refractivity (Wildman–Crippen MR) is 53.4 cm³/mol. The van der Waals surface area contributed by atoms with Gasteiger partial charge in [0.1, 0.15) is 0 Å². The highest BCUT2D eigenvalue weighted by molar-refractivity contribution is 5.70. The van der Waals surface area contributed by atoms with Crippen molar-refractivity contribution >= 4 is 5.97 Å². The Balaban J connectivity index is 3.25. The molecule has 6 heteroatoms. The summed E-state index contributed by atoms with van der Waals surface area (Å²) in [5, 5.41) is 8.69. The number of carboxylic acid groups (broad SMARTS) is 1. The summed E-state index contributed by atoms with van der Waals surface area (Å²) < 4.78 is 44.3. The van der Waals surface area contributed by atoms with Crippen LogP contribution >= 0.6 is 0 Å². The van der Waals surface area contributed by atoms with Crippen molar-refractivity contribution in [1.82, 2.24) is 0 Å². The summed E-state index contributed by atoms with van der Waals surface area (Å²) >= 11 is 0. The van der Waals surface area contributed by atoms with Crippen LogP contribution in [0.15, 0.2) is 6.07 Å². The SMILES string of the molecule is COc1c(F)cc(F)c(F)c1CC(C)C(=O)O. The highest BCUT2D eigenvalue weighted by Gasteiger charge is 2.23. The van der Waals surface area contributed by atoms with Crippen molar-refractivity contribution < 1.29 is 27.8 Å². The minimum Gasteiger partial charge on any atom is -0.493 e. The van der Waals surface area contributed by atoms with Gasteiger partial charge >= 0.3 is 5.97 Å². The number of methoxy groups -OCH3 is 1. The van der Waals surface area contributed by atoms with Crippen LogP contribution in [-0.2, 0) is 11.2 Å². The molecule has 0 aliphatic carbocycles. The summed E-state index contributed by atoms with van der Waals surface area (Å²) in [5.74, 6) is -6.32. The average molecular weight is 248 g/mol. The second-order valence-corrected chi connectivity index (χ2v) is 3.61. The standard InChI is InChI=1S/C11H11F3O3/c1-5(11(15)16)3-6-9(14)7(12)4-8(13)10(6)17-2/h4-5H,3H2,1-2H3,(H,15,16). The molecule has 1 aromatic rings. The fourth-order valence-corrected chi connectivity index (χ4v) is 1.42. The van der Waals surface area contributed by atoms with Crippen LogP contribution in [0.1, 0.15) is 12.5 Å². The zero-order valence-electron chi connectivity index (χ0n) is 9.26. The Bertz CT molecular complexity index is 446. The number of carbonyl (C=O) groups is 1. The molecule has 17 heavy (non-hydrogen) atoms. The highest BCUT2D eigenvalue weighted by atomic mass is 19.2. The molecule has 0 fully saturated rings. The van der Waals surface area contributed by atoms with Gasteiger partial charge in [-0.3, -0.25) is 4.79 Å². The first-order valence-corrected chi connectivity index (χ1v) is 4.81. The molecule has 0 aliphatic rings. The van der Waals surface area contributed by atoms with Gasteiger partial charge in [-0.2, -0.15) is 0 Å². The summed E-state index contributed by atoms with van der Waals surface area (Å²) in [5.41, 5.74) is -0.403. The molecule has 0 radical (unpaired) electrons. The molecule has 1 atom stereocenters. The van der Waals surface area contributed by atoms with Crippen LogP contribution in [0, 0.1) is 23.4 Å². The number of ether oxygens (including phenoxy) is 1. The van der Waals surface area contributed by atoms with Crippen LogP contribution in [0.3, 0.4) is 0 Å². The minimum absolute atomic E-state index is 0.348. The van der Waals surface area contributed by atoms with E-state index in [9.17, 15) is 18.0 Å². The molecular formula is C11H11F3O3. The number of benzene rings is 1. The van der Waals surface area contributed by atoms with E-state index < -0.39 is 40.7 Å². The van der Waals surface area contributed by atoms with Crippen LogP contribution in [0.4, 0.5) is 13.2 Å². The molecule has 94 valence electrons. The van der Waals surface area contributed by atoms with Gasteiger partial charge in [0.25, 0.3) is 0 Å². The van der Waals surface area contributed by atoms with Gasteiger partial charge in [-0.15, -0.1) is 0 Å². The van der Waals surface area contributed by atoms with E-state index in [1.54, 1.807) is 0 Å². The molecule has 1 aromatic carbocycles. The van der Waals surface area contributed by atoms with Gasteiger partial charge < -0.3 is 9.84 Å². The minimum atomic E-state index is -1.36. The first kappa shape index (κ1) is 13.3. The third-order valence-corrected chi connectivity index (χ3v) is 2.36. The van der Waals surface area contributed by atoms with Gasteiger partial charge in [0.15, 0.2) is 23.2 Å². The predicted octanol–water partition coefficient (Wildman–Crippen LogP) is 2.38. The summed E-state index contributed by atoms with van der Waals surface area (Å²) in [6.07, 6.45) is -0.348. The Morgan fingerprint density at radius 3 is 2.47 bits per heavy atom. The van der Waals surface area contributed by atoms with E-state index in [0.717, 1.165) is 7.11 Å². The summed E-state index contributed by atoms with van der Waals surface area (Å²) in [6, 6.07) is 0.364. The number of halogens is 3. The van der Waals surface area contributed by atoms with Gasteiger partial charge in [0, 0.05) is 11.6 Å². The van der Waals surface area contributed by atoms with Crippen molar-refractivity contribution in [3.8, 4) is 5.75 Å². The van der Waals surface area contributed by atoms with Gasteiger partial charge in [-0.1, -0.05) is 6.92 Å². The lowest BCUT2D eigenvalue weighted by atomic mass is 9.99. The Morgan fingerprint density at radius 2 is 2.00 bits per heavy atom. The zero-order chi connectivity index (χ0) is 13.2. The van der Waals surface area contributed by atoms with E-state index in [4.69, 9.17) is 5.11 Å². The lowest BCUT2D eigenvalue weighted by Gasteiger charge is -2.13. The van der Waals surface area contributed by atoms with E-state index in [2.05, 4.69) is 4.74 Å². The molecule has 0 aliphatic heterocycles. The molecule has 0 saturated heterocycles. The van der Waals surface area contributed by atoms with E-state index in [1.807, 2.05) is 0 Å². The van der Waals surface area contributed by atoms with Crippen LogP contribution in [-0.4, -0.2) is 18.2 Å². The van der Waals surface area contributed by atoms with Crippen molar-refractivity contribution in [1.29, 1.82) is 0 Å². The maximum atomic E-state index is 13.4. The Labute approximate surface area is 95.8 Å². The molecule has 0 bridgehead atoms. The fourth-order valence-electron chi connectivity index (χ4n) is 1.42. The van der Waals surface area contributed by atoms with E-state index in [1.165, 1.54) is 6.92 Å². The second-order valence-electron chi connectivity index (χ2n) is 3.61. The summed E-state index contributed by atoms with van der Waals surface area (Å²) in [7, 11) is 1.10. The average Bonchev–Trinajstić information content (AvgIpc) is 2.25. The van der Waals surface area contributed by atoms with E-state index >= 15 is 0 Å². The number of hydrogen-bond acceptors (Lipinski definition) is 2. The van der Waals surface area contributed by atoms with E-state index in [-0.39, 0.29) is 6.42 Å². The monoisotopic (exact) mass is 248 g/mol. The molecule has 0 saturated carbocycles. The van der Waals surface area contributed by atoms with Gasteiger partial charge in [0.2, 0.25) is 0 Å². The summed E-state index contributed by atoms with van der Waals surface area (Å²) in [6.45, 7) is 1.31. The molecule has 0 aromatic heterocycles. The van der Waals surface area contributed by atoms with E-state index in [0.29, 0.717) is 6.07 Å². The molecule has 1 N–H and O–H groups in total. The lowest BCUT2D eigenvalue weighted by molar-refractivity contribution is -0.141. The molecule has 1 unspecified atom stereocenters. The van der Waals surface area contributed by atoms with Crippen molar-refractivity contribution in [2.45, 2.75) is 13.3 Å². The molecule has 0 heterocycles. The van der Waals surface area contributed by atoms with Crippen molar-refractivity contribution in [3.05, 3.63) is 29.1 Å². The topological polar surface area (TPSA) is 46.5 Å². The van der Waals surface area contributed by atoms with Crippen molar-refractivity contribution in [3.63, 3.8) is 0 Å². The second kappa shape index (κ2) is 5.07. The molecule has 0 amide bonds. The fraction of sp³-hybridized carbons (Fsp3) is 0.364. The molecule has 3 nitrogen and oxygen atoms in total. The number of aliphatic carboxylic acids is 1. The van der Waals surface area contributed by atoms with Gasteiger partial charge in [-0.05, 0) is 6.42 Å². The van der Waals surface area contributed by atoms with Gasteiger partial charge in [-0.25, -0.2) is 13.2 Å². The maximum absolute atomic E-state index is 13.4. The first-order chi connectivity index (χ1) is 7.88. The number of hydrogen-bond donors (Lipinski definition) is 1. The van der Waals surface area contributed by atoms with Crippen molar-refractivity contribution in [2.24, 2.45) is 5.92 Å². The van der Waals surface area contributed by atoms with Crippen LogP contribution in [0.2, 0.25) is 0 Å². The molecule has 0 spiro atoms. The Morgan fingerprint density at radius 1 is 1.41 bits per heavy atom. The maximum Gasteiger partial charge on any atom is 0.306 e. The van der Waals surface area contributed by atoms with Crippen LogP contribution in [0.5, 0.6) is 5.75 Å². The zero-order valence-corrected chi connectivity index (χ0v) is 9.26. The highest BCUT2D eigenvalue weighted by Crippen LogP contribution is 2.29. The number of carboxylic acids is 1. The van der Waals surface area contributed by atoms with Crippen molar-refractivity contribution in [2.75, 3.05) is 7.11 Å². The lowest BCUT2D eigenvalue weighted by Crippen LogP contribution is -2.15. The molecule has 1 rings (SSSR count). The first-order valence-electron chi connectivity index (χ1n) is 4.81. The quantitative estimate of drug-likeness (QED) is 0.832. The Kier molecular flexibility index (Phi) is 3.98. The number of rotatable bonds is 4. The normalized spacial score (nSPS) is 12.3. The van der Waals surface area contributed by atoms with Crippen LogP contribution < -0.4 is 4.74 Å². The summed E-state index contributed by atoms with van der Waals surface area (Å²) in [4.78, 5) is 10.6. The van der Waals surface area contributed by atoms with Crippen LogP contribution in [0.25, 0.3) is 0 Å². The smallest absolute Gasteiger partial charge is 0.306 e. The van der Waals surface area contributed by atoms with Gasteiger partial charge in [0.05, 0.1) is 13.0 Å². The Hall–Kier alpha value is -1.72. The third-order valence-electron chi connectivity index (χ3n) is 2.36. The largest absolute Gasteiger partial charge is 0.493 e. The molecular weight excluding hydrogens is 237 g/mol.